The quantitative estimate of drug-likeness (QED) is 0.393. The summed E-state index contributed by atoms with van der Waals surface area (Å²) in [6.45, 7) is 8.79. The zero-order chi connectivity index (χ0) is 22.5. The first-order valence-corrected chi connectivity index (χ1v) is 13.6. The zero-order valence-corrected chi connectivity index (χ0v) is 20.2. The molecule has 0 saturated heterocycles. The molecular formula is C21H36N2O6Si. The number of nitrogens with two attached hydrogens (primary N) is 1. The predicted molar refractivity (Wildman–Crippen MR) is 117 cm³/mol. The van der Waals surface area contributed by atoms with Gasteiger partial charge in [0, 0.05) is 21.1 Å². The van der Waals surface area contributed by atoms with Gasteiger partial charge in [-0.1, -0.05) is 6.07 Å². The molecule has 2 amide bonds. The summed E-state index contributed by atoms with van der Waals surface area (Å²) in [5.41, 5.74) is 6.57. The van der Waals surface area contributed by atoms with Crippen LogP contribution in [0.1, 0.15) is 31.4 Å². The van der Waals surface area contributed by atoms with Crippen molar-refractivity contribution in [2.24, 2.45) is 11.7 Å². The van der Waals surface area contributed by atoms with E-state index in [1.165, 1.54) is 32.0 Å². The number of carbonyl (C=O) groups excluding carboxylic acids is 1. The van der Waals surface area contributed by atoms with Gasteiger partial charge < -0.3 is 29.1 Å². The molecule has 1 aliphatic rings. The van der Waals surface area contributed by atoms with E-state index in [9.17, 15) is 4.79 Å². The van der Waals surface area contributed by atoms with Gasteiger partial charge in [0.15, 0.2) is 19.8 Å². The van der Waals surface area contributed by atoms with Crippen molar-refractivity contribution in [2.75, 3.05) is 34.5 Å². The molecule has 30 heavy (non-hydrogen) atoms. The molecule has 1 atom stereocenters. The second-order valence-corrected chi connectivity index (χ2v) is 13.1. The van der Waals surface area contributed by atoms with E-state index in [0.29, 0.717) is 24.0 Å². The van der Waals surface area contributed by atoms with Crippen molar-refractivity contribution in [3.8, 4) is 11.5 Å². The monoisotopic (exact) mass is 440 g/mol. The second-order valence-electron chi connectivity index (χ2n) is 8.62. The summed E-state index contributed by atoms with van der Waals surface area (Å²) in [7, 11) is 2.65. The van der Waals surface area contributed by atoms with Gasteiger partial charge in [-0.3, -0.25) is 4.90 Å². The highest BCUT2D eigenvalue weighted by Crippen LogP contribution is 2.37. The maximum Gasteiger partial charge on any atom is 0.319 e. The van der Waals surface area contributed by atoms with Crippen LogP contribution in [0.4, 0.5) is 4.79 Å². The maximum absolute atomic E-state index is 12.5. The van der Waals surface area contributed by atoms with Crippen molar-refractivity contribution >= 4 is 14.3 Å². The van der Waals surface area contributed by atoms with Crippen LogP contribution in [0.3, 0.4) is 0 Å². The number of rotatable bonds is 12. The lowest BCUT2D eigenvalue weighted by Gasteiger charge is -2.42. The normalized spacial score (nSPS) is 15.6. The van der Waals surface area contributed by atoms with E-state index in [0.717, 1.165) is 5.56 Å². The van der Waals surface area contributed by atoms with Crippen LogP contribution in [0, 0.1) is 5.92 Å². The molecule has 1 aromatic carbocycles. The number of amides is 2. The molecule has 1 saturated carbocycles. The Morgan fingerprint density at radius 2 is 1.83 bits per heavy atom. The molecular weight excluding hydrogens is 404 g/mol. The van der Waals surface area contributed by atoms with E-state index < -0.39 is 26.3 Å². The van der Waals surface area contributed by atoms with Gasteiger partial charge in [-0.05, 0) is 56.1 Å². The lowest BCUT2D eigenvalue weighted by atomic mass is 10.0. The van der Waals surface area contributed by atoms with Crippen LogP contribution in [0.2, 0.25) is 19.6 Å². The number of benzene rings is 1. The topological polar surface area (TPSA) is 92.5 Å². The van der Waals surface area contributed by atoms with E-state index in [-0.39, 0.29) is 6.61 Å². The fourth-order valence-electron chi connectivity index (χ4n) is 3.07. The van der Waals surface area contributed by atoms with Crippen molar-refractivity contribution in [3.05, 3.63) is 23.8 Å². The molecule has 1 aromatic rings. The summed E-state index contributed by atoms with van der Waals surface area (Å²) in [6, 6.07) is 4.36. The first-order chi connectivity index (χ1) is 14.0. The number of methoxy groups -OCH3 is 3. The molecule has 0 heterocycles. The van der Waals surface area contributed by atoms with Gasteiger partial charge in [0.25, 0.3) is 5.91 Å². The van der Waals surface area contributed by atoms with Gasteiger partial charge in [-0.25, -0.2) is 4.79 Å². The average molecular weight is 441 g/mol. The van der Waals surface area contributed by atoms with E-state index in [4.69, 9.17) is 29.1 Å². The third-order valence-corrected chi connectivity index (χ3v) is 6.20. The third-order valence-electron chi connectivity index (χ3n) is 5.16. The zero-order valence-electron chi connectivity index (χ0n) is 19.2. The van der Waals surface area contributed by atoms with Crippen LogP contribution in [0.5, 0.6) is 11.5 Å². The molecule has 9 heteroatoms. The molecule has 8 nitrogen and oxygen atoms in total. The number of carbonyl (C=O) groups is 1. The van der Waals surface area contributed by atoms with Crippen LogP contribution < -0.4 is 15.2 Å². The third kappa shape index (κ3) is 6.34. The number of urea groups is 1. The Kier molecular flexibility index (Phi) is 8.15. The van der Waals surface area contributed by atoms with Crippen molar-refractivity contribution in [1.29, 1.82) is 0 Å². The van der Waals surface area contributed by atoms with Crippen molar-refractivity contribution in [1.82, 2.24) is 4.90 Å². The van der Waals surface area contributed by atoms with E-state index in [1.54, 1.807) is 14.0 Å². The van der Waals surface area contributed by atoms with Crippen molar-refractivity contribution in [3.63, 3.8) is 0 Å². The van der Waals surface area contributed by atoms with E-state index in [1.807, 2.05) is 18.2 Å². The Hall–Kier alpha value is -1.81. The minimum absolute atomic E-state index is 0.245. The highest BCUT2D eigenvalue weighted by atomic mass is 28.4. The number of hydrogen-bond donors (Lipinski definition) is 1. The Morgan fingerprint density at radius 3 is 2.30 bits per heavy atom. The molecule has 0 aliphatic heterocycles. The lowest BCUT2D eigenvalue weighted by molar-refractivity contribution is -0.277. The van der Waals surface area contributed by atoms with Gasteiger partial charge in [0.2, 0.25) is 0 Å². The maximum atomic E-state index is 12.5. The fourth-order valence-corrected chi connectivity index (χ4v) is 3.73. The molecule has 1 unspecified atom stereocenters. The fraction of sp³-hybridized carbons (Fsp3) is 0.667. The summed E-state index contributed by atoms with van der Waals surface area (Å²) in [6.07, 6.45) is 2.37. The van der Waals surface area contributed by atoms with Gasteiger partial charge in [0.1, 0.15) is 0 Å². The predicted octanol–water partition coefficient (Wildman–Crippen LogP) is 3.72. The average Bonchev–Trinajstić information content (AvgIpc) is 3.52. The summed E-state index contributed by atoms with van der Waals surface area (Å²) < 4.78 is 28.7. The molecule has 0 bridgehead atoms. The van der Waals surface area contributed by atoms with Crippen molar-refractivity contribution < 1.29 is 28.2 Å². The molecule has 2 rings (SSSR count). The van der Waals surface area contributed by atoms with E-state index >= 15 is 0 Å². The highest BCUT2D eigenvalue weighted by molar-refractivity contribution is 6.69. The Labute approximate surface area is 180 Å². The molecule has 0 radical (unpaired) electrons. The summed E-state index contributed by atoms with van der Waals surface area (Å²) in [5.74, 6) is 0.489. The minimum atomic E-state index is -1.88. The molecule has 0 aromatic heterocycles. The molecule has 1 fully saturated rings. The highest BCUT2D eigenvalue weighted by Gasteiger charge is 2.41. The number of hydrogen-bond acceptors (Lipinski definition) is 6. The van der Waals surface area contributed by atoms with Gasteiger partial charge in [0.05, 0.1) is 26.4 Å². The van der Waals surface area contributed by atoms with Gasteiger partial charge in [-0.2, -0.15) is 0 Å². The standard InChI is InChI=1S/C21H36N2O6Si/c1-21(26-3,27-4)23(20(22)24)17(14-29-30(5,6)7)16-10-11-18(25-2)19(12-16)28-13-15-8-9-15/h10-12,15,17H,8-9,13-14H2,1-7H3,(H2,22,24). The summed E-state index contributed by atoms with van der Waals surface area (Å²) >= 11 is 0. The lowest BCUT2D eigenvalue weighted by Crippen LogP contribution is -2.57. The summed E-state index contributed by atoms with van der Waals surface area (Å²) in [4.78, 5) is 13.9. The Balaban J connectivity index is 2.46. The van der Waals surface area contributed by atoms with Gasteiger partial charge in [-0.15, -0.1) is 0 Å². The first kappa shape index (κ1) is 24.5. The van der Waals surface area contributed by atoms with Crippen LogP contribution >= 0.6 is 0 Å². The Bertz CT molecular complexity index is 716. The number of ether oxygens (including phenoxy) is 4. The molecule has 2 N–H and O–H groups in total. The number of nitrogens with zero attached hydrogens (tertiary/aromatic N) is 1. The SMILES string of the molecule is COc1ccc(C(CO[Si](C)(C)C)N(C(N)=O)C(C)(OC)OC)cc1OCC1CC1. The molecule has 170 valence electrons. The second kappa shape index (κ2) is 10.00. The molecule has 0 spiro atoms. The largest absolute Gasteiger partial charge is 0.493 e. The van der Waals surface area contributed by atoms with Crippen LogP contribution in [-0.2, 0) is 13.9 Å². The van der Waals surface area contributed by atoms with E-state index in [2.05, 4.69) is 19.6 Å². The number of primary amides is 1. The van der Waals surface area contributed by atoms with Crippen LogP contribution in [0.25, 0.3) is 0 Å². The van der Waals surface area contributed by atoms with Crippen molar-refractivity contribution in [2.45, 2.75) is 51.4 Å². The van der Waals surface area contributed by atoms with Gasteiger partial charge >= 0.3 is 6.03 Å². The minimum Gasteiger partial charge on any atom is -0.493 e. The first-order valence-electron chi connectivity index (χ1n) is 10.2. The Morgan fingerprint density at radius 1 is 1.20 bits per heavy atom. The smallest absolute Gasteiger partial charge is 0.319 e. The van der Waals surface area contributed by atoms with Crippen LogP contribution in [0.15, 0.2) is 18.2 Å². The summed E-state index contributed by atoms with van der Waals surface area (Å²) in [5, 5.41) is 0. The van der Waals surface area contributed by atoms with Crippen LogP contribution in [-0.4, -0.2) is 59.7 Å². The molecule has 1 aliphatic carbocycles.